The molecule has 0 saturated carbocycles. The van der Waals surface area contributed by atoms with Crippen LogP contribution in [0.5, 0.6) is 0 Å². The molecule has 0 aliphatic heterocycles. The lowest BCUT2D eigenvalue weighted by molar-refractivity contribution is -0.403. The molecule has 0 saturated heterocycles. The van der Waals surface area contributed by atoms with Crippen molar-refractivity contribution in [3.63, 3.8) is 0 Å². The number of anilines is 3. The van der Waals surface area contributed by atoms with Gasteiger partial charge in [0.25, 0.3) is 18.1 Å². The second kappa shape index (κ2) is 13.9. The van der Waals surface area contributed by atoms with Crippen LogP contribution in [0.25, 0.3) is 5.57 Å². The molecule has 5 rings (SSSR count). The first kappa shape index (κ1) is 33.6. The van der Waals surface area contributed by atoms with Crippen LogP contribution in [-0.4, -0.2) is 31.5 Å². The highest BCUT2D eigenvalue weighted by Gasteiger charge is 2.37. The van der Waals surface area contributed by atoms with Crippen molar-refractivity contribution in [2.24, 2.45) is 0 Å². The Morgan fingerprint density at radius 1 is 0.938 bits per heavy atom. The number of hydrogen-bond acceptors (Lipinski definition) is 8. The predicted octanol–water partition coefficient (Wildman–Crippen LogP) is 7.64. The maximum Gasteiger partial charge on any atom is 0.416 e. The Morgan fingerprint density at radius 2 is 1.60 bits per heavy atom. The molecule has 1 aromatic heterocycles. The van der Waals surface area contributed by atoms with E-state index in [2.05, 4.69) is 37.3 Å². The summed E-state index contributed by atoms with van der Waals surface area (Å²) in [5.74, 6) is -1.05. The molecule has 0 atom stereocenters. The van der Waals surface area contributed by atoms with Gasteiger partial charge < -0.3 is 10.2 Å². The van der Waals surface area contributed by atoms with E-state index < -0.39 is 45.8 Å². The molecule has 17 heteroatoms. The van der Waals surface area contributed by atoms with E-state index in [9.17, 15) is 41.3 Å². The summed E-state index contributed by atoms with van der Waals surface area (Å²) in [6, 6.07) is 13.7. The van der Waals surface area contributed by atoms with Crippen LogP contribution >= 0.6 is 0 Å². The van der Waals surface area contributed by atoms with Gasteiger partial charge in [-0.1, -0.05) is 35.4 Å². The zero-order valence-corrected chi connectivity index (χ0v) is 24.8. The molecule has 0 radical (unpaired) electrons. The molecular formula is C31H26F6N8O3. The number of nitrogens with one attached hydrogen (secondary N) is 3. The van der Waals surface area contributed by atoms with Gasteiger partial charge in [-0.2, -0.15) is 31.6 Å². The second-order valence-electron chi connectivity index (χ2n) is 10.7. The first-order chi connectivity index (χ1) is 22.8. The van der Waals surface area contributed by atoms with E-state index >= 15 is 0 Å². The minimum atomic E-state index is -5.13. The molecule has 1 heterocycles. The second-order valence-corrected chi connectivity index (χ2v) is 10.7. The van der Waals surface area contributed by atoms with E-state index in [4.69, 9.17) is 0 Å². The maximum atomic E-state index is 13.6. The maximum absolute atomic E-state index is 13.6. The fourth-order valence-corrected chi connectivity index (χ4v) is 5.05. The monoisotopic (exact) mass is 672 g/mol. The fraction of sp³-hybridized carbons (Fsp3) is 0.226. The fourth-order valence-electron chi connectivity index (χ4n) is 5.05. The molecule has 0 bridgehead atoms. The molecule has 0 fully saturated rings. The number of carbonyl (C=O) groups is 1. The third-order valence-corrected chi connectivity index (χ3v) is 7.35. The van der Waals surface area contributed by atoms with Crippen LogP contribution < -0.4 is 15.5 Å². The Kier molecular flexibility index (Phi) is 9.76. The Balaban J connectivity index is 1.52. The number of aromatic nitrogens is 4. The summed E-state index contributed by atoms with van der Waals surface area (Å²) in [5, 5.41) is 29.5. The predicted molar refractivity (Wildman–Crippen MR) is 163 cm³/mol. The van der Waals surface area contributed by atoms with Gasteiger partial charge in [-0.15, -0.1) is 5.10 Å². The van der Waals surface area contributed by atoms with E-state index in [0.29, 0.717) is 29.6 Å². The third kappa shape index (κ3) is 8.54. The van der Waals surface area contributed by atoms with Gasteiger partial charge in [0.15, 0.2) is 5.82 Å². The number of tetrazole rings is 1. The van der Waals surface area contributed by atoms with Gasteiger partial charge >= 0.3 is 12.4 Å². The minimum absolute atomic E-state index is 0.0328. The van der Waals surface area contributed by atoms with Crippen LogP contribution in [0, 0.1) is 10.1 Å². The van der Waals surface area contributed by atoms with Crippen molar-refractivity contribution in [3.05, 3.63) is 123 Å². The lowest BCUT2D eigenvalue weighted by Gasteiger charge is -2.28. The van der Waals surface area contributed by atoms with Crippen LogP contribution in [0.4, 0.5) is 43.7 Å². The van der Waals surface area contributed by atoms with Crippen LogP contribution in [-0.2, 0) is 18.9 Å². The molecule has 4 aromatic rings. The molecule has 1 aliphatic carbocycles. The number of alkyl halides is 6. The van der Waals surface area contributed by atoms with Crippen molar-refractivity contribution in [2.75, 3.05) is 15.5 Å². The number of allylic oxidation sites excluding steroid dienone is 2. The third-order valence-electron chi connectivity index (χ3n) is 7.35. The Bertz CT molecular complexity index is 1790. The molecule has 3 N–H and O–H groups in total. The summed E-state index contributed by atoms with van der Waals surface area (Å²) in [6.07, 6.45) is -3.82. The average Bonchev–Trinajstić information content (AvgIpc) is 3.56. The van der Waals surface area contributed by atoms with E-state index in [1.165, 1.54) is 29.2 Å². The van der Waals surface area contributed by atoms with Crippen LogP contribution in [0.1, 0.15) is 58.3 Å². The topological polar surface area (TPSA) is 142 Å². The number of hydrogen-bond donors (Lipinski definition) is 3. The van der Waals surface area contributed by atoms with Crippen molar-refractivity contribution in [2.45, 2.75) is 44.6 Å². The lowest BCUT2D eigenvalue weighted by Crippen LogP contribution is -2.28. The highest BCUT2D eigenvalue weighted by molar-refractivity contribution is 6.03. The molecule has 0 spiro atoms. The lowest BCUT2D eigenvalue weighted by atomic mass is 9.93. The van der Waals surface area contributed by atoms with Crippen LogP contribution in [0.3, 0.4) is 0 Å². The zero-order valence-electron chi connectivity index (χ0n) is 24.8. The number of benzene rings is 3. The molecular weight excluding hydrogens is 646 g/mol. The van der Waals surface area contributed by atoms with E-state index in [1.807, 2.05) is 0 Å². The SMILES string of the molecule is O=C(Nc1nn[nH]n1)c1ccc(CN(/C(=C\[N+](=O)[O-])Nc2cc(C(F)(F)F)cc(C(F)(F)F)c2)c2ccc(C3=CCCCC3)cc2)cc1. The number of carbonyl (C=O) groups excluding carboxylic acids is 1. The first-order valence-corrected chi connectivity index (χ1v) is 14.4. The van der Waals surface area contributed by atoms with Crippen molar-refractivity contribution < 1.29 is 36.1 Å². The number of amides is 1. The summed E-state index contributed by atoms with van der Waals surface area (Å²) >= 11 is 0. The molecule has 11 nitrogen and oxygen atoms in total. The number of halogens is 6. The van der Waals surface area contributed by atoms with Gasteiger partial charge in [-0.3, -0.25) is 20.2 Å². The number of nitrogens with zero attached hydrogens (tertiary/aromatic N) is 5. The van der Waals surface area contributed by atoms with Gasteiger partial charge in [0.2, 0.25) is 0 Å². The number of rotatable bonds is 10. The van der Waals surface area contributed by atoms with Crippen molar-refractivity contribution in [1.29, 1.82) is 0 Å². The van der Waals surface area contributed by atoms with Crippen LogP contribution in [0.2, 0.25) is 0 Å². The van der Waals surface area contributed by atoms with Crippen molar-refractivity contribution in [1.82, 2.24) is 20.6 Å². The summed E-state index contributed by atoms with van der Waals surface area (Å²) in [7, 11) is 0. The average molecular weight is 673 g/mol. The van der Waals surface area contributed by atoms with Gasteiger partial charge in [0, 0.05) is 23.5 Å². The van der Waals surface area contributed by atoms with E-state index in [1.54, 1.807) is 24.3 Å². The zero-order chi connectivity index (χ0) is 34.5. The molecule has 0 unspecified atom stereocenters. The minimum Gasteiger partial charge on any atom is -0.336 e. The Hall–Kier alpha value is -5.74. The highest BCUT2D eigenvalue weighted by atomic mass is 19.4. The summed E-state index contributed by atoms with van der Waals surface area (Å²) in [4.78, 5) is 24.8. The summed E-state index contributed by atoms with van der Waals surface area (Å²) in [6.45, 7) is -0.146. The van der Waals surface area contributed by atoms with Crippen LogP contribution in [0.15, 0.2) is 84.8 Å². The quantitative estimate of drug-likeness (QED) is 0.0887. The molecule has 1 amide bonds. The highest BCUT2D eigenvalue weighted by Crippen LogP contribution is 2.38. The molecule has 1 aliphatic rings. The number of aromatic amines is 1. The van der Waals surface area contributed by atoms with Crippen molar-refractivity contribution in [3.8, 4) is 0 Å². The number of H-pyrrole nitrogens is 1. The molecule has 48 heavy (non-hydrogen) atoms. The van der Waals surface area contributed by atoms with Gasteiger partial charge in [-0.05, 0) is 90.1 Å². The molecule has 3 aromatic carbocycles. The first-order valence-electron chi connectivity index (χ1n) is 14.4. The Morgan fingerprint density at radius 3 is 2.15 bits per heavy atom. The van der Waals surface area contributed by atoms with Gasteiger partial charge in [-0.25, -0.2) is 0 Å². The standard InChI is InChI=1S/C31H26F6N8O3/c32-30(33,34)23-14-24(31(35,36)37)16-25(15-23)38-27(18-45(47)48)44(26-12-10-21(11-13-26)20-4-2-1-3-5-20)17-19-6-8-22(9-7-19)28(46)39-29-40-42-43-41-29/h4,6-16,18,38H,1-3,5,17H2,(H2,39,40,41,42,43,46)/b27-18-. The molecule has 250 valence electrons. The van der Waals surface area contributed by atoms with Gasteiger partial charge in [0.1, 0.15) is 0 Å². The smallest absolute Gasteiger partial charge is 0.336 e. The summed E-state index contributed by atoms with van der Waals surface area (Å²) < 4.78 is 81.6. The normalized spacial score (nSPS) is 13.9. The van der Waals surface area contributed by atoms with E-state index in [0.717, 1.165) is 36.8 Å². The van der Waals surface area contributed by atoms with Gasteiger partial charge in [0.05, 0.1) is 16.1 Å². The summed E-state index contributed by atoms with van der Waals surface area (Å²) in [5.41, 5.74) is -0.791. The van der Waals surface area contributed by atoms with E-state index in [-0.39, 0.29) is 24.1 Å². The Labute approximate surface area is 268 Å². The largest absolute Gasteiger partial charge is 0.416 e. The number of nitro groups is 1. The van der Waals surface area contributed by atoms with Crippen molar-refractivity contribution >= 4 is 28.8 Å².